The summed E-state index contributed by atoms with van der Waals surface area (Å²) in [5.41, 5.74) is 5.25. The highest BCUT2D eigenvalue weighted by atomic mass is 32.2. The Kier molecular flexibility index (Phi) is 2.58. The molecular formula is C5H5N3S2. The van der Waals surface area contributed by atoms with Crippen molar-refractivity contribution in [2.24, 2.45) is 5.73 Å². The zero-order valence-electron chi connectivity index (χ0n) is 5.02. The number of aromatic nitrogens is 2. The lowest BCUT2D eigenvalue weighted by atomic mass is 10.8. The summed E-state index contributed by atoms with van der Waals surface area (Å²) in [5, 5.41) is 0.731. The standard InChI is InChI=1S/C5H5N3S2/c6-5(9)10-4-3-7-1-2-8-4/h1-3H,(H2,6,9). The summed E-state index contributed by atoms with van der Waals surface area (Å²) in [6, 6.07) is 0. The lowest BCUT2D eigenvalue weighted by molar-refractivity contribution is 1.06. The van der Waals surface area contributed by atoms with E-state index in [4.69, 9.17) is 5.73 Å². The molecule has 0 atom stereocenters. The monoisotopic (exact) mass is 171 g/mol. The second-order valence-electron chi connectivity index (χ2n) is 1.46. The molecule has 1 aromatic rings. The number of thioether (sulfide) groups is 1. The quantitative estimate of drug-likeness (QED) is 0.500. The zero-order valence-corrected chi connectivity index (χ0v) is 6.65. The molecule has 0 radical (unpaired) electrons. The first-order valence-electron chi connectivity index (χ1n) is 2.52. The summed E-state index contributed by atoms with van der Waals surface area (Å²) in [6.07, 6.45) is 4.81. The first kappa shape index (κ1) is 7.43. The Balaban J connectivity index is 2.67. The van der Waals surface area contributed by atoms with E-state index in [9.17, 15) is 0 Å². The molecule has 1 aromatic heterocycles. The SMILES string of the molecule is NC(=S)Sc1cnccn1. The summed E-state index contributed by atoms with van der Waals surface area (Å²) in [5.74, 6) is 0. The summed E-state index contributed by atoms with van der Waals surface area (Å²) < 4.78 is 0.362. The van der Waals surface area contributed by atoms with Gasteiger partial charge in [0.1, 0.15) is 9.35 Å². The average Bonchev–Trinajstić information content (AvgIpc) is 1.88. The third kappa shape index (κ3) is 2.28. The van der Waals surface area contributed by atoms with Crippen molar-refractivity contribution in [3.05, 3.63) is 18.6 Å². The third-order valence-electron chi connectivity index (χ3n) is 0.745. The summed E-state index contributed by atoms with van der Waals surface area (Å²) in [4.78, 5) is 7.79. The van der Waals surface area contributed by atoms with Gasteiger partial charge in [-0.15, -0.1) is 0 Å². The maximum Gasteiger partial charge on any atom is 0.137 e. The van der Waals surface area contributed by atoms with Crippen LogP contribution in [0.25, 0.3) is 0 Å². The predicted octanol–water partition coefficient (Wildman–Crippen LogP) is 0.812. The van der Waals surface area contributed by atoms with Crippen molar-refractivity contribution in [2.45, 2.75) is 5.03 Å². The molecule has 3 nitrogen and oxygen atoms in total. The molecule has 0 bridgehead atoms. The Morgan fingerprint density at radius 3 is 2.90 bits per heavy atom. The van der Waals surface area contributed by atoms with Crippen molar-refractivity contribution in [3.63, 3.8) is 0 Å². The Bertz CT molecular complexity index is 224. The van der Waals surface area contributed by atoms with Crippen molar-refractivity contribution in [1.82, 2.24) is 9.97 Å². The Morgan fingerprint density at radius 1 is 1.60 bits per heavy atom. The van der Waals surface area contributed by atoms with E-state index in [1.165, 1.54) is 11.8 Å². The molecule has 5 heteroatoms. The van der Waals surface area contributed by atoms with Gasteiger partial charge in [0.05, 0.1) is 6.20 Å². The molecule has 52 valence electrons. The van der Waals surface area contributed by atoms with Gasteiger partial charge in [0.2, 0.25) is 0 Å². The molecule has 0 unspecified atom stereocenters. The number of nitrogens with zero attached hydrogens (tertiary/aromatic N) is 2. The fourth-order valence-electron chi connectivity index (χ4n) is 0.441. The van der Waals surface area contributed by atoms with Gasteiger partial charge in [-0.05, 0) is 11.8 Å². The Morgan fingerprint density at radius 2 is 2.40 bits per heavy atom. The predicted molar refractivity (Wildman–Crippen MR) is 44.7 cm³/mol. The van der Waals surface area contributed by atoms with Crippen LogP contribution >= 0.6 is 24.0 Å². The van der Waals surface area contributed by atoms with Crippen LogP contribution in [0.5, 0.6) is 0 Å². The number of thiocarbonyl (C=S) groups is 1. The fourth-order valence-corrected chi connectivity index (χ4v) is 1.13. The molecule has 2 N–H and O–H groups in total. The van der Waals surface area contributed by atoms with Crippen molar-refractivity contribution in [3.8, 4) is 0 Å². The van der Waals surface area contributed by atoms with Crippen LogP contribution in [0, 0.1) is 0 Å². The molecular weight excluding hydrogens is 166 g/mol. The van der Waals surface area contributed by atoms with Gasteiger partial charge in [-0.25, -0.2) is 4.98 Å². The number of hydrogen-bond donors (Lipinski definition) is 1. The minimum Gasteiger partial charge on any atom is -0.384 e. The first-order valence-corrected chi connectivity index (χ1v) is 3.75. The molecule has 10 heavy (non-hydrogen) atoms. The van der Waals surface area contributed by atoms with Crippen molar-refractivity contribution < 1.29 is 0 Å². The fraction of sp³-hybridized carbons (Fsp3) is 0. The highest BCUT2D eigenvalue weighted by Crippen LogP contribution is 2.11. The van der Waals surface area contributed by atoms with E-state index in [2.05, 4.69) is 22.2 Å². The van der Waals surface area contributed by atoms with Gasteiger partial charge < -0.3 is 5.73 Å². The summed E-state index contributed by atoms with van der Waals surface area (Å²) in [7, 11) is 0. The van der Waals surface area contributed by atoms with E-state index in [1.54, 1.807) is 18.6 Å². The molecule has 0 aliphatic rings. The van der Waals surface area contributed by atoms with Gasteiger partial charge in [0.15, 0.2) is 0 Å². The topological polar surface area (TPSA) is 51.8 Å². The van der Waals surface area contributed by atoms with Gasteiger partial charge in [-0.1, -0.05) is 12.2 Å². The van der Waals surface area contributed by atoms with Crippen molar-refractivity contribution in [1.29, 1.82) is 0 Å². The van der Waals surface area contributed by atoms with Gasteiger partial charge in [0, 0.05) is 12.4 Å². The zero-order chi connectivity index (χ0) is 7.40. The summed E-state index contributed by atoms with van der Waals surface area (Å²) in [6.45, 7) is 0. The van der Waals surface area contributed by atoms with E-state index in [0.29, 0.717) is 4.32 Å². The average molecular weight is 171 g/mol. The van der Waals surface area contributed by atoms with E-state index >= 15 is 0 Å². The van der Waals surface area contributed by atoms with Gasteiger partial charge in [0.25, 0.3) is 0 Å². The second kappa shape index (κ2) is 3.48. The van der Waals surface area contributed by atoms with Gasteiger partial charge in [-0.3, -0.25) is 4.98 Å². The third-order valence-corrected chi connectivity index (χ3v) is 1.62. The number of hydrogen-bond acceptors (Lipinski definition) is 4. The van der Waals surface area contributed by atoms with Crippen LogP contribution in [-0.4, -0.2) is 14.3 Å². The molecule has 0 amide bonds. The smallest absolute Gasteiger partial charge is 0.137 e. The normalized spacial score (nSPS) is 9.20. The molecule has 0 fully saturated rings. The highest BCUT2D eigenvalue weighted by Gasteiger charge is 1.94. The van der Waals surface area contributed by atoms with Crippen molar-refractivity contribution >= 4 is 28.3 Å². The Hall–Kier alpha value is -0.680. The molecule has 0 spiro atoms. The highest BCUT2D eigenvalue weighted by molar-refractivity contribution is 8.22. The molecule has 0 saturated carbocycles. The molecule has 0 aromatic carbocycles. The lowest BCUT2D eigenvalue weighted by Crippen LogP contribution is -2.01. The maximum absolute atomic E-state index is 5.25. The number of rotatable bonds is 1. The van der Waals surface area contributed by atoms with Crippen LogP contribution < -0.4 is 5.73 Å². The van der Waals surface area contributed by atoms with E-state index in [1.807, 2.05) is 0 Å². The minimum atomic E-state index is 0.362. The molecule has 0 aliphatic heterocycles. The molecule has 0 saturated heterocycles. The Labute approximate surface area is 68.1 Å². The number of nitrogens with two attached hydrogens (primary N) is 1. The molecule has 0 aliphatic carbocycles. The maximum atomic E-state index is 5.25. The van der Waals surface area contributed by atoms with Crippen LogP contribution in [0.15, 0.2) is 23.6 Å². The lowest BCUT2D eigenvalue weighted by Gasteiger charge is -1.93. The largest absolute Gasteiger partial charge is 0.384 e. The van der Waals surface area contributed by atoms with Crippen LogP contribution in [0.2, 0.25) is 0 Å². The van der Waals surface area contributed by atoms with Crippen LogP contribution in [0.3, 0.4) is 0 Å². The van der Waals surface area contributed by atoms with Gasteiger partial charge >= 0.3 is 0 Å². The minimum absolute atomic E-state index is 0.362. The van der Waals surface area contributed by atoms with E-state index in [0.717, 1.165) is 5.03 Å². The van der Waals surface area contributed by atoms with Crippen LogP contribution in [-0.2, 0) is 0 Å². The van der Waals surface area contributed by atoms with Crippen LogP contribution in [0.4, 0.5) is 0 Å². The first-order chi connectivity index (χ1) is 4.79. The molecule has 1 heterocycles. The molecule has 1 rings (SSSR count). The van der Waals surface area contributed by atoms with Gasteiger partial charge in [-0.2, -0.15) is 0 Å². The van der Waals surface area contributed by atoms with Crippen molar-refractivity contribution in [2.75, 3.05) is 0 Å². The van der Waals surface area contributed by atoms with Crippen LogP contribution in [0.1, 0.15) is 0 Å². The summed E-state index contributed by atoms with van der Waals surface area (Å²) >= 11 is 5.88. The van der Waals surface area contributed by atoms with E-state index in [-0.39, 0.29) is 0 Å². The second-order valence-corrected chi connectivity index (χ2v) is 3.23. The van der Waals surface area contributed by atoms with E-state index < -0.39 is 0 Å².